The van der Waals surface area contributed by atoms with Crippen LogP contribution in [0.5, 0.6) is 0 Å². The predicted molar refractivity (Wildman–Crippen MR) is 99.8 cm³/mol. The molecule has 2 aromatic rings. The van der Waals surface area contributed by atoms with Crippen molar-refractivity contribution in [2.75, 3.05) is 19.6 Å². The molecule has 1 heterocycles. The van der Waals surface area contributed by atoms with Crippen LogP contribution < -0.4 is 0 Å². The molecule has 0 radical (unpaired) electrons. The van der Waals surface area contributed by atoms with Gasteiger partial charge in [0.1, 0.15) is 5.82 Å². The Morgan fingerprint density at radius 3 is 2.25 bits per heavy atom. The van der Waals surface area contributed by atoms with E-state index in [0.717, 1.165) is 5.56 Å². The third kappa shape index (κ3) is 4.45. The number of hydrogen-bond acceptors (Lipinski definition) is 1. The van der Waals surface area contributed by atoms with E-state index in [1.54, 1.807) is 6.07 Å². The second-order valence-electron chi connectivity index (χ2n) is 7.05. The first-order valence-corrected chi connectivity index (χ1v) is 9.31. The lowest BCUT2D eigenvalue weighted by Crippen LogP contribution is -2.26. The summed E-state index contributed by atoms with van der Waals surface area (Å²) in [6, 6.07) is 15.4. The van der Waals surface area contributed by atoms with Gasteiger partial charge in [0.05, 0.1) is 0 Å². The number of hydrogen-bond donors (Lipinski definition) is 0. The molecule has 3 rings (SSSR count). The fourth-order valence-electron chi connectivity index (χ4n) is 3.59. The van der Waals surface area contributed by atoms with Gasteiger partial charge in [0, 0.05) is 5.56 Å². The van der Waals surface area contributed by atoms with Gasteiger partial charge < -0.3 is 4.90 Å². The summed E-state index contributed by atoms with van der Waals surface area (Å²) in [7, 11) is 0. The maximum atomic E-state index is 13.9. The van der Waals surface area contributed by atoms with Gasteiger partial charge in [0.2, 0.25) is 0 Å². The monoisotopic (exact) mass is 325 g/mol. The van der Waals surface area contributed by atoms with Crippen LogP contribution in [0.15, 0.2) is 48.5 Å². The van der Waals surface area contributed by atoms with Gasteiger partial charge >= 0.3 is 0 Å². The van der Waals surface area contributed by atoms with Crippen LogP contribution in [0.25, 0.3) is 11.1 Å². The van der Waals surface area contributed by atoms with E-state index in [4.69, 9.17) is 0 Å². The Morgan fingerprint density at radius 1 is 0.917 bits per heavy atom. The molecule has 1 fully saturated rings. The van der Waals surface area contributed by atoms with Crippen molar-refractivity contribution in [2.45, 2.75) is 44.9 Å². The van der Waals surface area contributed by atoms with E-state index in [1.165, 1.54) is 63.4 Å². The number of rotatable bonds is 5. The second-order valence-corrected chi connectivity index (χ2v) is 7.05. The quantitative estimate of drug-likeness (QED) is 0.665. The molecule has 0 aliphatic carbocycles. The van der Waals surface area contributed by atoms with E-state index in [2.05, 4.69) is 36.1 Å². The Hall–Kier alpha value is -1.67. The van der Waals surface area contributed by atoms with E-state index < -0.39 is 0 Å². The van der Waals surface area contributed by atoms with Crippen LogP contribution in [0.1, 0.15) is 50.5 Å². The smallest absolute Gasteiger partial charge is 0.131 e. The highest BCUT2D eigenvalue weighted by atomic mass is 19.1. The molecule has 1 aliphatic heterocycles. The van der Waals surface area contributed by atoms with Crippen LogP contribution in [0.2, 0.25) is 0 Å². The number of likely N-dealkylation sites (tertiary alicyclic amines) is 1. The SMILES string of the molecule is CC(CCN1CCCCCC1)c1ccc(-c2ccccc2F)cc1. The van der Waals surface area contributed by atoms with Gasteiger partial charge in [-0.3, -0.25) is 0 Å². The van der Waals surface area contributed by atoms with Crippen molar-refractivity contribution >= 4 is 0 Å². The molecule has 1 nitrogen and oxygen atoms in total. The van der Waals surface area contributed by atoms with Crippen LogP contribution in [0.4, 0.5) is 4.39 Å². The average molecular weight is 325 g/mol. The Bertz CT molecular complexity index is 627. The highest BCUT2D eigenvalue weighted by molar-refractivity contribution is 5.64. The lowest BCUT2D eigenvalue weighted by molar-refractivity contribution is 0.275. The average Bonchev–Trinajstić information content (AvgIpc) is 2.89. The molecule has 0 amide bonds. The number of halogens is 1. The minimum absolute atomic E-state index is 0.153. The molecule has 1 unspecified atom stereocenters. The topological polar surface area (TPSA) is 3.24 Å². The van der Waals surface area contributed by atoms with Gasteiger partial charge in [-0.1, -0.05) is 62.2 Å². The standard InChI is InChI=1S/C22H28FN/c1-18(14-17-24-15-6-2-3-7-16-24)19-10-12-20(13-11-19)21-8-4-5-9-22(21)23/h4-5,8-13,18H,2-3,6-7,14-17H2,1H3. The van der Waals surface area contributed by atoms with Crippen molar-refractivity contribution in [2.24, 2.45) is 0 Å². The third-order valence-corrected chi connectivity index (χ3v) is 5.24. The second kappa shape index (κ2) is 8.43. The summed E-state index contributed by atoms with van der Waals surface area (Å²) in [6.45, 7) is 6.02. The molecular formula is C22H28FN. The van der Waals surface area contributed by atoms with E-state index in [-0.39, 0.29) is 5.82 Å². The number of nitrogens with zero attached hydrogens (tertiary/aromatic N) is 1. The zero-order valence-electron chi connectivity index (χ0n) is 14.7. The van der Waals surface area contributed by atoms with Crippen molar-refractivity contribution in [3.63, 3.8) is 0 Å². The van der Waals surface area contributed by atoms with Crippen LogP contribution in [0, 0.1) is 5.82 Å². The molecular weight excluding hydrogens is 297 g/mol. The highest BCUT2D eigenvalue weighted by Gasteiger charge is 2.12. The van der Waals surface area contributed by atoms with Crippen LogP contribution in [-0.4, -0.2) is 24.5 Å². The van der Waals surface area contributed by atoms with Gasteiger partial charge in [-0.25, -0.2) is 4.39 Å². The third-order valence-electron chi connectivity index (χ3n) is 5.24. The van der Waals surface area contributed by atoms with E-state index in [1.807, 2.05) is 12.1 Å². The molecule has 2 aromatic carbocycles. The molecule has 0 saturated carbocycles. The summed E-state index contributed by atoms with van der Waals surface area (Å²) in [5.74, 6) is 0.391. The zero-order valence-corrected chi connectivity index (χ0v) is 14.7. The van der Waals surface area contributed by atoms with Gasteiger partial charge in [0.25, 0.3) is 0 Å². The maximum absolute atomic E-state index is 13.9. The predicted octanol–water partition coefficient (Wildman–Crippen LogP) is 5.86. The summed E-state index contributed by atoms with van der Waals surface area (Å²) in [5.41, 5.74) is 2.99. The van der Waals surface area contributed by atoms with E-state index in [0.29, 0.717) is 11.5 Å². The summed E-state index contributed by atoms with van der Waals surface area (Å²) >= 11 is 0. The molecule has 1 atom stereocenters. The van der Waals surface area contributed by atoms with Gasteiger partial charge in [-0.15, -0.1) is 0 Å². The largest absolute Gasteiger partial charge is 0.303 e. The van der Waals surface area contributed by atoms with Crippen molar-refractivity contribution in [3.8, 4) is 11.1 Å². The molecule has 0 bridgehead atoms. The van der Waals surface area contributed by atoms with Crippen molar-refractivity contribution < 1.29 is 4.39 Å². The van der Waals surface area contributed by atoms with Gasteiger partial charge in [0.15, 0.2) is 0 Å². The molecule has 1 aliphatic rings. The summed E-state index contributed by atoms with van der Waals surface area (Å²) in [4.78, 5) is 2.62. The summed E-state index contributed by atoms with van der Waals surface area (Å²) in [6.07, 6.45) is 6.68. The molecule has 1 saturated heterocycles. The van der Waals surface area contributed by atoms with Crippen LogP contribution in [0.3, 0.4) is 0 Å². The lowest BCUT2D eigenvalue weighted by atomic mass is 9.95. The van der Waals surface area contributed by atoms with Crippen molar-refractivity contribution in [1.82, 2.24) is 4.90 Å². The molecule has 24 heavy (non-hydrogen) atoms. The minimum Gasteiger partial charge on any atom is -0.303 e. The molecule has 128 valence electrons. The number of benzene rings is 2. The maximum Gasteiger partial charge on any atom is 0.131 e. The Kier molecular flexibility index (Phi) is 6.03. The lowest BCUT2D eigenvalue weighted by Gasteiger charge is -2.22. The first-order valence-electron chi connectivity index (χ1n) is 9.31. The van der Waals surface area contributed by atoms with Crippen molar-refractivity contribution in [3.05, 3.63) is 59.9 Å². The van der Waals surface area contributed by atoms with Crippen LogP contribution >= 0.6 is 0 Å². The summed E-state index contributed by atoms with van der Waals surface area (Å²) < 4.78 is 13.9. The first-order chi connectivity index (χ1) is 11.7. The normalized spacial score (nSPS) is 17.4. The van der Waals surface area contributed by atoms with E-state index in [9.17, 15) is 4.39 Å². The fraction of sp³-hybridized carbons (Fsp3) is 0.455. The Balaban J connectivity index is 1.59. The van der Waals surface area contributed by atoms with E-state index >= 15 is 0 Å². The van der Waals surface area contributed by atoms with Crippen LogP contribution in [-0.2, 0) is 0 Å². The van der Waals surface area contributed by atoms with Crippen molar-refractivity contribution in [1.29, 1.82) is 0 Å². The summed E-state index contributed by atoms with van der Waals surface area (Å²) in [5, 5.41) is 0. The van der Waals surface area contributed by atoms with Gasteiger partial charge in [-0.2, -0.15) is 0 Å². The zero-order chi connectivity index (χ0) is 16.8. The Labute approximate surface area is 145 Å². The molecule has 0 spiro atoms. The molecule has 0 aromatic heterocycles. The highest BCUT2D eigenvalue weighted by Crippen LogP contribution is 2.26. The fourth-order valence-corrected chi connectivity index (χ4v) is 3.59. The van der Waals surface area contributed by atoms with Gasteiger partial charge in [-0.05, 0) is 62.0 Å². The molecule has 2 heteroatoms. The Morgan fingerprint density at radius 2 is 1.58 bits per heavy atom. The molecule has 0 N–H and O–H groups in total. The first kappa shape index (κ1) is 17.2. The minimum atomic E-state index is -0.153.